The molecule has 112 valence electrons. The van der Waals surface area contributed by atoms with Crippen molar-refractivity contribution in [1.82, 2.24) is 4.98 Å². The molecule has 3 nitrogen and oxygen atoms in total. The fourth-order valence-electron chi connectivity index (χ4n) is 1.61. The van der Waals surface area contributed by atoms with Crippen LogP contribution in [-0.2, 0) is 20.7 Å². The second-order valence-corrected chi connectivity index (χ2v) is 6.22. The Bertz CT molecular complexity index is 537. The van der Waals surface area contributed by atoms with E-state index in [0.717, 1.165) is 36.2 Å². The average molecular weight is 406 g/mol. The molecular weight excluding hydrogens is 389 g/mol. The zero-order chi connectivity index (χ0) is 14.6. The number of halogens is 2. The quantitative estimate of drug-likeness (QED) is 0.427. The molecule has 0 amide bonds. The summed E-state index contributed by atoms with van der Waals surface area (Å²) >= 11 is -0.106. The van der Waals surface area contributed by atoms with Crippen molar-refractivity contribution < 1.29 is 20.7 Å². The molecule has 0 bridgehead atoms. The van der Waals surface area contributed by atoms with Gasteiger partial charge in [-0.1, -0.05) is 24.3 Å². The van der Waals surface area contributed by atoms with Crippen LogP contribution in [0.2, 0.25) is 0 Å². The van der Waals surface area contributed by atoms with E-state index in [-0.39, 0.29) is 15.9 Å². The molecule has 2 aromatic rings. The van der Waals surface area contributed by atoms with E-state index >= 15 is 0 Å². The van der Waals surface area contributed by atoms with Crippen molar-refractivity contribution in [2.24, 2.45) is 4.99 Å². The van der Waals surface area contributed by atoms with Crippen molar-refractivity contribution >= 4 is 36.2 Å². The molecule has 0 aliphatic carbocycles. The van der Waals surface area contributed by atoms with E-state index in [1.165, 1.54) is 0 Å². The summed E-state index contributed by atoms with van der Waals surface area (Å²) in [5.41, 5.74) is 1.91. The first-order valence-electron chi connectivity index (χ1n) is 5.98. The molecule has 0 radical (unpaired) electrons. The number of nitrogens with zero attached hydrogens (tertiary/aromatic N) is 2. The van der Waals surface area contributed by atoms with Crippen LogP contribution in [0.5, 0.6) is 0 Å². The number of ether oxygens (including phenoxy) is 1. The summed E-state index contributed by atoms with van der Waals surface area (Å²) in [6.45, 7) is 1.53. The maximum absolute atomic E-state index is 4.96. The van der Waals surface area contributed by atoms with Gasteiger partial charge in [0.25, 0.3) is 0 Å². The van der Waals surface area contributed by atoms with Crippen molar-refractivity contribution in [3.05, 3.63) is 42.1 Å². The van der Waals surface area contributed by atoms with Crippen LogP contribution in [0, 0.1) is 0 Å². The fourth-order valence-corrected chi connectivity index (χ4v) is 1.61. The number of hydrogen-bond donors (Lipinski definition) is 0. The Kier molecular flexibility index (Phi) is 9.82. The van der Waals surface area contributed by atoms with Crippen molar-refractivity contribution in [3.8, 4) is 0 Å². The first kappa shape index (κ1) is 17.6. The second-order valence-electron chi connectivity index (χ2n) is 3.86. The molecule has 6 heteroatoms. The zero-order valence-electron chi connectivity index (χ0n) is 11.0. The standard InChI is InChI=1S/C14H16N2O.2ClH.Pd/c1-17-10-4-9-15-11-13-8-7-12-5-2-3-6-14(12)16-13;;;/h2-3,5-8,11H,4,9-10H2,1H3;2*1H;/q;;;+2/p-2. The van der Waals surface area contributed by atoms with Gasteiger partial charge in [0.15, 0.2) is 0 Å². The molecule has 0 spiro atoms. The molecule has 0 aliphatic heterocycles. The van der Waals surface area contributed by atoms with Crippen molar-refractivity contribution in [3.63, 3.8) is 0 Å². The van der Waals surface area contributed by atoms with Crippen molar-refractivity contribution in [2.45, 2.75) is 6.42 Å². The molecule has 1 aromatic carbocycles. The van der Waals surface area contributed by atoms with Gasteiger partial charge in [0.2, 0.25) is 0 Å². The molecule has 0 aliphatic rings. The number of methoxy groups -OCH3 is 1. The topological polar surface area (TPSA) is 34.5 Å². The van der Waals surface area contributed by atoms with Crippen LogP contribution in [0.25, 0.3) is 10.9 Å². The van der Waals surface area contributed by atoms with Crippen molar-refractivity contribution in [2.75, 3.05) is 20.3 Å². The predicted molar refractivity (Wildman–Crippen MR) is 82.4 cm³/mol. The molecule has 0 fully saturated rings. The van der Waals surface area contributed by atoms with E-state index in [1.807, 2.05) is 30.5 Å². The Hall–Kier alpha value is -0.498. The molecule has 2 rings (SSSR count). The van der Waals surface area contributed by atoms with Gasteiger partial charge in [0.05, 0.1) is 11.2 Å². The van der Waals surface area contributed by atoms with Crippen LogP contribution in [0.4, 0.5) is 0 Å². The van der Waals surface area contributed by atoms with Crippen LogP contribution in [0.15, 0.2) is 41.4 Å². The minimum absolute atomic E-state index is 0.106. The molecule has 0 saturated heterocycles. The van der Waals surface area contributed by atoms with Gasteiger partial charge in [0, 0.05) is 31.9 Å². The zero-order valence-corrected chi connectivity index (χ0v) is 14.1. The van der Waals surface area contributed by atoms with Crippen LogP contribution in [0.3, 0.4) is 0 Å². The van der Waals surface area contributed by atoms with E-state index in [4.69, 9.17) is 23.8 Å². The summed E-state index contributed by atoms with van der Waals surface area (Å²) in [7, 11) is 11.3. The molecule has 0 atom stereocenters. The summed E-state index contributed by atoms with van der Waals surface area (Å²) < 4.78 is 4.96. The molecule has 1 aromatic heterocycles. The van der Waals surface area contributed by atoms with Gasteiger partial charge < -0.3 is 4.74 Å². The van der Waals surface area contributed by atoms with Crippen molar-refractivity contribution in [1.29, 1.82) is 0 Å². The third-order valence-corrected chi connectivity index (χ3v) is 2.48. The van der Waals surface area contributed by atoms with E-state index in [1.54, 1.807) is 7.11 Å². The Morgan fingerprint density at radius 2 is 2.00 bits per heavy atom. The first-order valence-corrected chi connectivity index (χ1v) is 9.99. The summed E-state index contributed by atoms with van der Waals surface area (Å²) in [5, 5.41) is 1.16. The average Bonchev–Trinajstić information content (AvgIpc) is 2.48. The number of benzene rings is 1. The van der Waals surface area contributed by atoms with Crippen LogP contribution < -0.4 is 0 Å². The monoisotopic (exact) mass is 404 g/mol. The number of rotatable bonds is 5. The number of fused-ring (bicyclic) bond motifs is 1. The Labute approximate surface area is 135 Å². The predicted octanol–water partition coefficient (Wildman–Crippen LogP) is 4.07. The van der Waals surface area contributed by atoms with Gasteiger partial charge in [-0.2, -0.15) is 0 Å². The van der Waals surface area contributed by atoms with Gasteiger partial charge in [-0.25, -0.2) is 4.98 Å². The molecule has 0 saturated carbocycles. The minimum atomic E-state index is -0.106. The van der Waals surface area contributed by atoms with Gasteiger partial charge >= 0.3 is 35.0 Å². The third kappa shape index (κ3) is 6.79. The fraction of sp³-hybridized carbons (Fsp3) is 0.286. The van der Waals surface area contributed by atoms with Gasteiger partial charge in [-0.05, 0) is 18.6 Å². The van der Waals surface area contributed by atoms with Crippen LogP contribution >= 0.6 is 19.1 Å². The van der Waals surface area contributed by atoms with Gasteiger partial charge in [-0.15, -0.1) is 0 Å². The van der Waals surface area contributed by atoms with Gasteiger partial charge in [0.1, 0.15) is 0 Å². The Morgan fingerprint density at radius 3 is 2.75 bits per heavy atom. The molecular formula is C14H16Cl2N2OPd. The van der Waals surface area contributed by atoms with E-state index in [0.29, 0.717) is 0 Å². The summed E-state index contributed by atoms with van der Waals surface area (Å²) in [6, 6.07) is 12.1. The number of aromatic nitrogens is 1. The first-order chi connectivity index (χ1) is 9.81. The normalized spacial score (nSPS) is 10.8. The molecule has 20 heavy (non-hydrogen) atoms. The number of hydrogen-bond acceptors (Lipinski definition) is 3. The van der Waals surface area contributed by atoms with E-state index in [2.05, 4.69) is 22.1 Å². The Morgan fingerprint density at radius 1 is 1.25 bits per heavy atom. The van der Waals surface area contributed by atoms with Gasteiger partial charge in [-0.3, -0.25) is 4.99 Å². The third-order valence-electron chi connectivity index (χ3n) is 2.48. The molecule has 0 unspecified atom stereocenters. The number of para-hydroxylation sites is 1. The van der Waals surface area contributed by atoms with E-state index < -0.39 is 0 Å². The summed E-state index contributed by atoms with van der Waals surface area (Å²) in [6.07, 6.45) is 2.77. The molecule has 0 N–H and O–H groups in total. The number of aliphatic imine (C=N–C) groups is 1. The van der Waals surface area contributed by atoms with Crippen LogP contribution in [0.1, 0.15) is 12.1 Å². The Balaban J connectivity index is 0.000000612. The van der Waals surface area contributed by atoms with Crippen LogP contribution in [-0.4, -0.2) is 31.5 Å². The van der Waals surface area contributed by atoms with E-state index in [9.17, 15) is 0 Å². The summed E-state index contributed by atoms with van der Waals surface area (Å²) in [4.78, 5) is 8.83. The summed E-state index contributed by atoms with van der Waals surface area (Å²) in [5.74, 6) is 0. The maximum atomic E-state index is 4.96. The molecule has 1 heterocycles. The second kappa shape index (κ2) is 11.2. The number of pyridine rings is 1. The SMILES string of the molecule is COCCCN=Cc1ccc2ccccc2n1.[Cl][Pd][Cl].